The first-order valence-corrected chi connectivity index (χ1v) is 11.8. The molecule has 2 heterocycles. The molecule has 9 heteroatoms. The number of ether oxygens (including phenoxy) is 2. The van der Waals surface area contributed by atoms with Gasteiger partial charge in [0.25, 0.3) is 0 Å². The van der Waals surface area contributed by atoms with Gasteiger partial charge in [0.05, 0.1) is 30.5 Å². The molecule has 0 N–H and O–H groups in total. The minimum Gasteiger partial charge on any atom is -0.493 e. The molecule has 4 rings (SSSR count). The number of hydrogen-bond acceptors (Lipinski definition) is 6. The molecule has 1 aromatic heterocycles. The van der Waals surface area contributed by atoms with Crippen molar-refractivity contribution in [2.24, 2.45) is 0 Å². The Morgan fingerprint density at radius 2 is 1.89 bits per heavy atom. The van der Waals surface area contributed by atoms with Crippen LogP contribution in [-0.4, -0.2) is 38.5 Å². The fourth-order valence-electron chi connectivity index (χ4n) is 3.47. The largest absolute Gasteiger partial charge is 0.493 e. The molecule has 0 saturated carbocycles. The highest BCUT2D eigenvalue weighted by Gasteiger charge is 2.39. The van der Waals surface area contributed by atoms with E-state index in [9.17, 15) is 8.42 Å². The molecule has 1 atom stereocenters. The average molecular weight is 483 g/mol. The van der Waals surface area contributed by atoms with Crippen LogP contribution in [0.25, 0.3) is 10.2 Å². The van der Waals surface area contributed by atoms with E-state index in [2.05, 4.69) is 15.9 Å². The summed E-state index contributed by atoms with van der Waals surface area (Å²) in [6.07, 6.45) is 1.55. The average Bonchev–Trinajstić information content (AvgIpc) is 3.34. The van der Waals surface area contributed by atoms with Crippen LogP contribution in [0, 0.1) is 0 Å². The Hall–Kier alpha value is -1.68. The molecule has 28 heavy (non-hydrogen) atoms. The Morgan fingerprint density at radius 1 is 1.18 bits per heavy atom. The zero-order valence-corrected chi connectivity index (χ0v) is 18.6. The van der Waals surface area contributed by atoms with Gasteiger partial charge in [-0.25, -0.2) is 13.4 Å². The number of rotatable bonds is 5. The second-order valence-electron chi connectivity index (χ2n) is 6.43. The SMILES string of the molecule is COc1cc(Br)c(S(=O)(=O)N2CCC[C@H]2c2nc3ccccc3s2)cc1OC. The topological polar surface area (TPSA) is 68.7 Å². The number of benzene rings is 2. The molecule has 0 spiro atoms. The van der Waals surface area contributed by atoms with Crippen LogP contribution < -0.4 is 9.47 Å². The molecule has 3 aromatic rings. The summed E-state index contributed by atoms with van der Waals surface area (Å²) in [4.78, 5) is 4.86. The summed E-state index contributed by atoms with van der Waals surface area (Å²) in [5.74, 6) is 0.845. The molecule has 1 aliphatic rings. The van der Waals surface area contributed by atoms with Gasteiger partial charge in [-0.05, 0) is 47.0 Å². The van der Waals surface area contributed by atoms with Gasteiger partial charge in [0.1, 0.15) is 9.90 Å². The highest BCUT2D eigenvalue weighted by Crippen LogP contribution is 2.43. The van der Waals surface area contributed by atoms with Crippen LogP contribution in [0.4, 0.5) is 0 Å². The zero-order chi connectivity index (χ0) is 19.9. The van der Waals surface area contributed by atoms with Crippen LogP contribution in [0.1, 0.15) is 23.9 Å². The van der Waals surface area contributed by atoms with Crippen LogP contribution in [0.15, 0.2) is 45.8 Å². The van der Waals surface area contributed by atoms with Crippen molar-refractivity contribution in [3.63, 3.8) is 0 Å². The number of hydrogen-bond donors (Lipinski definition) is 0. The Labute approximate surface area is 176 Å². The summed E-state index contributed by atoms with van der Waals surface area (Å²) in [7, 11) is -0.740. The quantitative estimate of drug-likeness (QED) is 0.531. The van der Waals surface area contributed by atoms with Gasteiger partial charge in [0.15, 0.2) is 11.5 Å². The number of para-hydroxylation sites is 1. The number of nitrogens with zero attached hydrogens (tertiary/aromatic N) is 2. The van der Waals surface area contributed by atoms with Crippen molar-refractivity contribution in [3.8, 4) is 11.5 Å². The standard InChI is InChI=1S/C19H19BrN2O4S2/c1-25-15-10-12(20)18(11-16(15)26-2)28(23,24)22-9-5-7-14(22)19-21-13-6-3-4-8-17(13)27-19/h3-4,6,8,10-11,14H,5,7,9H2,1-2H3/t14-/m0/s1. The smallest absolute Gasteiger partial charge is 0.244 e. The molecular formula is C19H19BrN2O4S2. The maximum Gasteiger partial charge on any atom is 0.244 e. The molecular weight excluding hydrogens is 464 g/mol. The Balaban J connectivity index is 1.76. The Kier molecular flexibility index (Phi) is 5.34. The van der Waals surface area contributed by atoms with E-state index in [1.54, 1.807) is 21.7 Å². The van der Waals surface area contributed by atoms with E-state index in [1.807, 2.05) is 24.3 Å². The normalized spacial score (nSPS) is 17.9. The molecule has 1 saturated heterocycles. The number of fused-ring (bicyclic) bond motifs is 1. The number of methoxy groups -OCH3 is 2. The summed E-state index contributed by atoms with van der Waals surface area (Å²) in [6, 6.07) is 10.7. The summed E-state index contributed by atoms with van der Waals surface area (Å²) >= 11 is 4.94. The van der Waals surface area contributed by atoms with E-state index >= 15 is 0 Å². The lowest BCUT2D eigenvalue weighted by Crippen LogP contribution is -2.31. The summed E-state index contributed by atoms with van der Waals surface area (Å²) in [5, 5.41) is 0.832. The lowest BCUT2D eigenvalue weighted by Gasteiger charge is -2.23. The van der Waals surface area contributed by atoms with E-state index in [1.165, 1.54) is 20.3 Å². The Morgan fingerprint density at radius 3 is 2.61 bits per heavy atom. The van der Waals surface area contributed by atoms with E-state index in [-0.39, 0.29) is 10.9 Å². The predicted octanol–water partition coefficient (Wildman–Crippen LogP) is 4.60. The fraction of sp³-hybridized carbons (Fsp3) is 0.316. The summed E-state index contributed by atoms with van der Waals surface area (Å²) < 4.78 is 40.6. The van der Waals surface area contributed by atoms with Crippen molar-refractivity contribution >= 4 is 47.5 Å². The van der Waals surface area contributed by atoms with E-state index in [4.69, 9.17) is 14.5 Å². The molecule has 1 fully saturated rings. The first kappa shape index (κ1) is 19.6. The molecule has 148 valence electrons. The highest BCUT2D eigenvalue weighted by molar-refractivity contribution is 9.10. The molecule has 0 bridgehead atoms. The third kappa shape index (κ3) is 3.30. The molecule has 0 aliphatic carbocycles. The maximum atomic E-state index is 13.5. The van der Waals surface area contributed by atoms with Crippen molar-refractivity contribution in [2.75, 3.05) is 20.8 Å². The highest BCUT2D eigenvalue weighted by atomic mass is 79.9. The first-order valence-electron chi connectivity index (χ1n) is 8.74. The first-order chi connectivity index (χ1) is 13.5. The molecule has 6 nitrogen and oxygen atoms in total. The molecule has 0 amide bonds. The number of aromatic nitrogens is 1. The lowest BCUT2D eigenvalue weighted by molar-refractivity contribution is 0.352. The van der Waals surface area contributed by atoms with Gasteiger partial charge in [-0.1, -0.05) is 12.1 Å². The summed E-state index contributed by atoms with van der Waals surface area (Å²) in [6.45, 7) is 0.462. The molecule has 0 radical (unpaired) electrons. The second-order valence-corrected chi connectivity index (χ2v) is 10.2. The molecule has 1 aliphatic heterocycles. The van der Waals surface area contributed by atoms with Gasteiger partial charge in [-0.2, -0.15) is 4.31 Å². The van der Waals surface area contributed by atoms with Crippen molar-refractivity contribution in [2.45, 2.75) is 23.8 Å². The van der Waals surface area contributed by atoms with Gasteiger partial charge in [0.2, 0.25) is 10.0 Å². The van der Waals surface area contributed by atoms with Crippen molar-refractivity contribution in [3.05, 3.63) is 45.9 Å². The van der Waals surface area contributed by atoms with Crippen LogP contribution in [0.3, 0.4) is 0 Å². The maximum absolute atomic E-state index is 13.5. The molecule has 0 unspecified atom stereocenters. The lowest BCUT2D eigenvalue weighted by atomic mass is 10.2. The van der Waals surface area contributed by atoms with Crippen molar-refractivity contribution in [1.82, 2.24) is 9.29 Å². The van der Waals surface area contributed by atoms with Gasteiger partial charge >= 0.3 is 0 Å². The fourth-order valence-corrected chi connectivity index (χ4v) is 7.31. The van der Waals surface area contributed by atoms with Gasteiger partial charge in [-0.3, -0.25) is 0 Å². The van der Waals surface area contributed by atoms with Gasteiger partial charge < -0.3 is 9.47 Å². The monoisotopic (exact) mass is 482 g/mol. The minimum atomic E-state index is -3.74. The molecule has 2 aromatic carbocycles. The predicted molar refractivity (Wildman–Crippen MR) is 113 cm³/mol. The van der Waals surface area contributed by atoms with Gasteiger partial charge in [-0.15, -0.1) is 11.3 Å². The van der Waals surface area contributed by atoms with Crippen LogP contribution in [0.2, 0.25) is 0 Å². The number of thiazole rings is 1. The Bertz CT molecular complexity index is 1100. The summed E-state index contributed by atoms with van der Waals surface area (Å²) in [5.41, 5.74) is 0.902. The number of halogens is 1. The van der Waals surface area contributed by atoms with E-state index < -0.39 is 10.0 Å². The minimum absolute atomic E-state index is 0.165. The third-order valence-corrected chi connectivity index (χ3v) is 8.83. The van der Waals surface area contributed by atoms with Crippen molar-refractivity contribution in [1.29, 1.82) is 0 Å². The van der Waals surface area contributed by atoms with Crippen LogP contribution in [-0.2, 0) is 10.0 Å². The number of sulfonamides is 1. The van der Waals surface area contributed by atoms with Gasteiger partial charge in [0, 0.05) is 17.1 Å². The van der Waals surface area contributed by atoms with E-state index in [0.717, 1.165) is 28.1 Å². The zero-order valence-electron chi connectivity index (χ0n) is 15.4. The van der Waals surface area contributed by atoms with Crippen LogP contribution >= 0.6 is 27.3 Å². The van der Waals surface area contributed by atoms with Crippen molar-refractivity contribution < 1.29 is 17.9 Å². The van der Waals surface area contributed by atoms with Crippen LogP contribution in [0.5, 0.6) is 11.5 Å². The van der Waals surface area contributed by atoms with E-state index in [0.29, 0.717) is 22.5 Å². The third-order valence-electron chi connectivity index (χ3n) is 4.82. The second kappa shape index (κ2) is 7.62.